The van der Waals surface area contributed by atoms with Gasteiger partial charge in [0.15, 0.2) is 6.29 Å². The van der Waals surface area contributed by atoms with Gasteiger partial charge in [-0.25, -0.2) is 4.98 Å². The highest BCUT2D eigenvalue weighted by atomic mass is 16.1. The fourth-order valence-electron chi connectivity index (χ4n) is 2.71. The highest BCUT2D eigenvalue weighted by molar-refractivity contribution is 5.97. The Hall–Kier alpha value is -2.94. The largest absolute Gasteiger partial charge is 0.296 e. The number of hydrogen-bond donors (Lipinski definition) is 0. The van der Waals surface area contributed by atoms with Crippen LogP contribution in [0, 0.1) is 0 Å². The van der Waals surface area contributed by atoms with Crippen molar-refractivity contribution in [3.63, 3.8) is 0 Å². The van der Waals surface area contributed by atoms with Gasteiger partial charge in [0.2, 0.25) is 0 Å². The second kappa shape index (κ2) is 4.56. The first-order chi connectivity index (χ1) is 10.4. The number of aldehydes is 1. The average Bonchev–Trinajstić information content (AvgIpc) is 2.94. The highest BCUT2D eigenvalue weighted by Crippen LogP contribution is 2.27. The molecule has 2 aromatic carbocycles. The first kappa shape index (κ1) is 11.9. The molecule has 100 valence electrons. The Kier molecular flexibility index (Phi) is 2.57. The van der Waals surface area contributed by atoms with Gasteiger partial charge in [0.05, 0.1) is 0 Å². The summed E-state index contributed by atoms with van der Waals surface area (Å²) in [6, 6.07) is 19.9. The third-order valence-electron chi connectivity index (χ3n) is 3.71. The molecule has 0 fully saturated rings. The van der Waals surface area contributed by atoms with Crippen molar-refractivity contribution in [2.75, 3.05) is 0 Å². The number of rotatable bonds is 2. The maximum Gasteiger partial charge on any atom is 0.169 e. The molecule has 0 saturated heterocycles. The molecule has 0 aliphatic rings. The zero-order chi connectivity index (χ0) is 14.2. The molecular formula is C18H12N2O. The van der Waals surface area contributed by atoms with Gasteiger partial charge in [0.1, 0.15) is 17.0 Å². The minimum Gasteiger partial charge on any atom is -0.296 e. The van der Waals surface area contributed by atoms with Crippen LogP contribution in [0.4, 0.5) is 0 Å². The quantitative estimate of drug-likeness (QED) is 0.517. The van der Waals surface area contributed by atoms with Crippen molar-refractivity contribution in [3.8, 4) is 11.3 Å². The molecule has 2 aromatic heterocycles. The summed E-state index contributed by atoms with van der Waals surface area (Å²) < 4.78 is 1.86. The van der Waals surface area contributed by atoms with Crippen LogP contribution in [0.5, 0.6) is 0 Å². The summed E-state index contributed by atoms with van der Waals surface area (Å²) in [6.45, 7) is 0. The summed E-state index contributed by atoms with van der Waals surface area (Å²) in [6.07, 6.45) is 2.78. The third-order valence-corrected chi connectivity index (χ3v) is 3.71. The van der Waals surface area contributed by atoms with Crippen molar-refractivity contribution < 1.29 is 4.79 Å². The Bertz CT molecular complexity index is 955. The Balaban J connectivity index is 2.13. The Morgan fingerprint density at radius 1 is 0.905 bits per heavy atom. The van der Waals surface area contributed by atoms with Crippen molar-refractivity contribution in [1.82, 2.24) is 9.38 Å². The second-order valence-corrected chi connectivity index (χ2v) is 4.93. The van der Waals surface area contributed by atoms with Crippen molar-refractivity contribution >= 4 is 22.7 Å². The van der Waals surface area contributed by atoms with E-state index >= 15 is 0 Å². The van der Waals surface area contributed by atoms with Crippen molar-refractivity contribution in [3.05, 3.63) is 72.6 Å². The molecule has 0 radical (unpaired) electrons. The minimum atomic E-state index is 0.585. The summed E-state index contributed by atoms with van der Waals surface area (Å²) in [5.41, 5.74) is 3.07. The van der Waals surface area contributed by atoms with E-state index in [9.17, 15) is 4.79 Å². The Morgan fingerprint density at radius 3 is 2.48 bits per heavy atom. The summed E-state index contributed by atoms with van der Waals surface area (Å²) in [4.78, 5) is 16.3. The molecule has 0 unspecified atom stereocenters. The zero-order valence-corrected chi connectivity index (χ0v) is 11.2. The van der Waals surface area contributed by atoms with E-state index in [4.69, 9.17) is 4.98 Å². The number of imidazole rings is 1. The van der Waals surface area contributed by atoms with Gasteiger partial charge in [-0.3, -0.25) is 9.20 Å². The van der Waals surface area contributed by atoms with Crippen LogP contribution in [0.3, 0.4) is 0 Å². The fourth-order valence-corrected chi connectivity index (χ4v) is 2.71. The Labute approximate surface area is 121 Å². The molecule has 0 spiro atoms. The maximum atomic E-state index is 11.6. The topological polar surface area (TPSA) is 34.4 Å². The van der Waals surface area contributed by atoms with Crippen molar-refractivity contribution in [2.24, 2.45) is 0 Å². The molecule has 0 atom stereocenters. The molecule has 0 aliphatic carbocycles. The highest BCUT2D eigenvalue weighted by Gasteiger charge is 2.14. The van der Waals surface area contributed by atoms with Gasteiger partial charge in [-0.05, 0) is 11.5 Å². The van der Waals surface area contributed by atoms with Crippen LogP contribution in [-0.4, -0.2) is 15.7 Å². The summed E-state index contributed by atoms with van der Waals surface area (Å²) in [7, 11) is 0. The molecule has 0 amide bonds. The maximum absolute atomic E-state index is 11.6. The van der Waals surface area contributed by atoms with Gasteiger partial charge < -0.3 is 0 Å². The first-order valence-electron chi connectivity index (χ1n) is 6.79. The summed E-state index contributed by atoms with van der Waals surface area (Å²) >= 11 is 0. The number of aromatic nitrogens is 2. The van der Waals surface area contributed by atoms with E-state index in [1.54, 1.807) is 0 Å². The molecule has 4 aromatic rings. The number of benzene rings is 2. The predicted molar refractivity (Wildman–Crippen MR) is 83.5 cm³/mol. The SMILES string of the molecule is O=Cc1c(-c2ccccc2)nc2c3ccccc3ccn12. The van der Waals surface area contributed by atoms with Crippen LogP contribution in [-0.2, 0) is 0 Å². The van der Waals surface area contributed by atoms with Crippen molar-refractivity contribution in [1.29, 1.82) is 0 Å². The predicted octanol–water partition coefficient (Wildman–Crippen LogP) is 3.97. The molecule has 2 heterocycles. The van der Waals surface area contributed by atoms with Gasteiger partial charge in [-0.15, -0.1) is 0 Å². The third kappa shape index (κ3) is 1.75. The van der Waals surface area contributed by atoms with Crippen LogP contribution in [0.2, 0.25) is 0 Å². The number of hydrogen-bond acceptors (Lipinski definition) is 2. The van der Waals surface area contributed by atoms with E-state index in [0.717, 1.165) is 34.0 Å². The van der Waals surface area contributed by atoms with Crippen LogP contribution in [0.15, 0.2) is 66.9 Å². The van der Waals surface area contributed by atoms with Crippen molar-refractivity contribution in [2.45, 2.75) is 0 Å². The monoisotopic (exact) mass is 272 g/mol. The molecule has 0 aliphatic heterocycles. The average molecular weight is 272 g/mol. The Morgan fingerprint density at radius 2 is 1.67 bits per heavy atom. The van der Waals surface area contributed by atoms with E-state index in [1.165, 1.54) is 0 Å². The molecular weight excluding hydrogens is 260 g/mol. The van der Waals surface area contributed by atoms with Gasteiger partial charge in [-0.1, -0.05) is 54.6 Å². The molecule has 0 bridgehead atoms. The molecule has 3 nitrogen and oxygen atoms in total. The number of pyridine rings is 1. The lowest BCUT2D eigenvalue weighted by Crippen LogP contribution is -1.92. The molecule has 0 saturated carbocycles. The smallest absolute Gasteiger partial charge is 0.169 e. The van der Waals surface area contributed by atoms with Gasteiger partial charge in [0, 0.05) is 17.1 Å². The fraction of sp³-hybridized carbons (Fsp3) is 0. The van der Waals surface area contributed by atoms with E-state index in [1.807, 2.05) is 71.3 Å². The minimum absolute atomic E-state index is 0.585. The summed E-state index contributed by atoms with van der Waals surface area (Å²) in [5.74, 6) is 0. The standard InChI is InChI=1S/C18H12N2O/c21-12-16-17(14-7-2-1-3-8-14)19-18-15-9-5-4-6-13(15)10-11-20(16)18/h1-12H. The molecule has 4 rings (SSSR count). The summed E-state index contributed by atoms with van der Waals surface area (Å²) in [5, 5.41) is 2.16. The van der Waals surface area contributed by atoms with Crippen LogP contribution >= 0.6 is 0 Å². The molecule has 3 heteroatoms. The van der Waals surface area contributed by atoms with Gasteiger partial charge in [0.25, 0.3) is 0 Å². The number of nitrogens with zero attached hydrogens (tertiary/aromatic N) is 2. The van der Waals surface area contributed by atoms with E-state index in [0.29, 0.717) is 5.69 Å². The number of carbonyl (C=O) groups is 1. The van der Waals surface area contributed by atoms with Crippen LogP contribution < -0.4 is 0 Å². The lowest BCUT2D eigenvalue weighted by Gasteiger charge is -2.00. The number of fused-ring (bicyclic) bond motifs is 3. The second-order valence-electron chi connectivity index (χ2n) is 4.93. The van der Waals surface area contributed by atoms with Crippen LogP contribution in [0.25, 0.3) is 27.7 Å². The lowest BCUT2D eigenvalue weighted by atomic mass is 10.1. The van der Waals surface area contributed by atoms with E-state index in [2.05, 4.69) is 0 Å². The lowest BCUT2D eigenvalue weighted by molar-refractivity contribution is 0.111. The van der Waals surface area contributed by atoms with E-state index < -0.39 is 0 Å². The molecule has 21 heavy (non-hydrogen) atoms. The van der Waals surface area contributed by atoms with Gasteiger partial charge in [-0.2, -0.15) is 0 Å². The van der Waals surface area contributed by atoms with E-state index in [-0.39, 0.29) is 0 Å². The van der Waals surface area contributed by atoms with Crippen LogP contribution in [0.1, 0.15) is 10.5 Å². The molecule has 0 N–H and O–H groups in total. The first-order valence-corrected chi connectivity index (χ1v) is 6.79. The number of carbonyl (C=O) groups excluding carboxylic acids is 1. The normalized spacial score (nSPS) is 11.0. The van der Waals surface area contributed by atoms with Gasteiger partial charge >= 0.3 is 0 Å². The zero-order valence-electron chi connectivity index (χ0n) is 11.2.